The second-order valence-corrected chi connectivity index (χ2v) is 6.37. The predicted molar refractivity (Wildman–Crippen MR) is 100 cm³/mol. The second-order valence-electron chi connectivity index (χ2n) is 6.37. The highest BCUT2D eigenvalue weighted by Crippen LogP contribution is 2.31. The van der Waals surface area contributed by atoms with Gasteiger partial charge in [0.2, 0.25) is 11.5 Å². The van der Waals surface area contributed by atoms with Crippen LogP contribution in [0.15, 0.2) is 53.7 Å². The maximum Gasteiger partial charge on any atom is 0.351 e. The molecule has 1 aliphatic rings. The van der Waals surface area contributed by atoms with Gasteiger partial charge in [0.1, 0.15) is 5.82 Å². The van der Waals surface area contributed by atoms with Crippen molar-refractivity contribution in [3.05, 3.63) is 65.5 Å². The fourth-order valence-electron chi connectivity index (χ4n) is 2.89. The Morgan fingerprint density at radius 3 is 2.55 bits per heavy atom. The number of para-hydroxylation sites is 1. The first-order valence-corrected chi connectivity index (χ1v) is 8.56. The minimum Gasteiger partial charge on any atom is -0.478 e. The average molecular weight is 400 g/mol. The molecule has 0 fully saturated rings. The summed E-state index contributed by atoms with van der Waals surface area (Å²) in [5, 5.41) is 16.0. The molecule has 0 saturated carbocycles. The van der Waals surface area contributed by atoms with Gasteiger partial charge < -0.3 is 20.0 Å². The van der Waals surface area contributed by atoms with Crippen LogP contribution in [0.3, 0.4) is 0 Å². The number of esters is 1. The number of carbonyl (C=O) groups is 3. The smallest absolute Gasteiger partial charge is 0.351 e. The molecule has 29 heavy (non-hydrogen) atoms. The van der Waals surface area contributed by atoms with Gasteiger partial charge in [0, 0.05) is 6.42 Å². The molecule has 0 aliphatic carbocycles. The van der Waals surface area contributed by atoms with Gasteiger partial charge in [-0.3, -0.25) is 4.79 Å². The molecule has 0 spiro atoms. The number of carboxylic acids is 1. The molecule has 150 valence electrons. The number of rotatable bonds is 6. The summed E-state index contributed by atoms with van der Waals surface area (Å²) in [6.45, 7) is 0. The number of aliphatic carboxylic acids is 1. The fourth-order valence-corrected chi connectivity index (χ4v) is 2.89. The number of oxime groups is 1. The Hall–Kier alpha value is -3.75. The zero-order valence-corrected chi connectivity index (χ0v) is 15.3. The summed E-state index contributed by atoms with van der Waals surface area (Å²) in [5.74, 6) is -3.14. The van der Waals surface area contributed by atoms with Gasteiger partial charge >= 0.3 is 11.9 Å². The number of nitrogens with one attached hydrogen (secondary N) is 1. The topological polar surface area (TPSA) is 114 Å². The number of methoxy groups -OCH3 is 1. The molecule has 2 aromatic carbocycles. The van der Waals surface area contributed by atoms with Crippen LogP contribution in [0.5, 0.6) is 0 Å². The minimum atomic E-state index is -1.91. The number of benzene rings is 2. The minimum absolute atomic E-state index is 0.128. The van der Waals surface area contributed by atoms with Crippen LogP contribution in [0.4, 0.5) is 10.1 Å². The lowest BCUT2D eigenvalue weighted by Crippen LogP contribution is -2.42. The highest BCUT2D eigenvalue weighted by atomic mass is 19.1. The summed E-state index contributed by atoms with van der Waals surface area (Å²) in [5.41, 5.74) is -0.819. The van der Waals surface area contributed by atoms with E-state index in [1.54, 1.807) is 12.1 Å². The van der Waals surface area contributed by atoms with E-state index in [-0.39, 0.29) is 23.4 Å². The van der Waals surface area contributed by atoms with Crippen LogP contribution in [0.25, 0.3) is 0 Å². The molecule has 1 atom stereocenters. The number of halogens is 1. The van der Waals surface area contributed by atoms with Crippen molar-refractivity contribution in [2.75, 3.05) is 12.4 Å². The number of ether oxygens (including phenoxy) is 1. The van der Waals surface area contributed by atoms with Crippen molar-refractivity contribution in [2.45, 2.75) is 18.4 Å². The molecular formula is C20H17FN2O6. The van der Waals surface area contributed by atoms with Crippen LogP contribution < -0.4 is 5.32 Å². The summed E-state index contributed by atoms with van der Waals surface area (Å²) < 4.78 is 17.8. The Kier molecular flexibility index (Phi) is 5.58. The van der Waals surface area contributed by atoms with Crippen LogP contribution in [0, 0.1) is 5.82 Å². The molecule has 3 rings (SSSR count). The first-order valence-electron chi connectivity index (χ1n) is 8.56. The fraction of sp³-hybridized carbons (Fsp3) is 0.200. The van der Waals surface area contributed by atoms with Crippen molar-refractivity contribution in [2.24, 2.45) is 5.16 Å². The number of carbonyl (C=O) groups excluding carboxylic acids is 2. The Labute approximate surface area is 164 Å². The molecule has 0 radical (unpaired) electrons. The zero-order chi connectivity index (χ0) is 21.0. The normalized spacial score (nSPS) is 17.8. The molecule has 1 aliphatic heterocycles. The van der Waals surface area contributed by atoms with E-state index in [1.165, 1.54) is 43.5 Å². The number of nitrogens with zero attached hydrogens (tertiary/aromatic N) is 1. The number of hydrogen-bond donors (Lipinski definition) is 2. The van der Waals surface area contributed by atoms with Crippen molar-refractivity contribution in [3.63, 3.8) is 0 Å². The van der Waals surface area contributed by atoms with Gasteiger partial charge in [-0.15, -0.1) is 0 Å². The third-order valence-corrected chi connectivity index (χ3v) is 4.40. The van der Waals surface area contributed by atoms with Crippen molar-refractivity contribution >= 4 is 29.2 Å². The highest BCUT2D eigenvalue weighted by Gasteiger charge is 2.49. The summed E-state index contributed by atoms with van der Waals surface area (Å²) in [6, 6.07) is 11.5. The predicted octanol–water partition coefficient (Wildman–Crippen LogP) is 2.59. The van der Waals surface area contributed by atoms with E-state index in [4.69, 9.17) is 4.84 Å². The molecule has 0 bridgehead atoms. The molecule has 0 aromatic heterocycles. The van der Waals surface area contributed by atoms with Gasteiger partial charge in [-0.1, -0.05) is 29.4 Å². The van der Waals surface area contributed by atoms with Crippen molar-refractivity contribution < 1.29 is 33.5 Å². The standard InChI is InChI=1S/C20H17FN2O6/c1-28-18(25)14-4-2-3-5-15(14)22-17(24)11-20(19(26)27)10-16(23-29-20)12-6-8-13(21)9-7-12/h2-9H,10-11H2,1H3,(H,22,24)(H,26,27)/t20-/m0/s1. The molecule has 0 saturated heterocycles. The molecule has 1 heterocycles. The van der Waals surface area contributed by atoms with Crippen LogP contribution >= 0.6 is 0 Å². The Bertz CT molecular complexity index is 989. The number of anilines is 1. The monoisotopic (exact) mass is 400 g/mol. The Morgan fingerprint density at radius 1 is 1.21 bits per heavy atom. The second kappa shape index (κ2) is 8.09. The Morgan fingerprint density at radius 2 is 1.90 bits per heavy atom. The van der Waals surface area contributed by atoms with Gasteiger partial charge in [-0.2, -0.15) is 0 Å². The highest BCUT2D eigenvalue weighted by molar-refractivity contribution is 6.07. The molecular weight excluding hydrogens is 383 g/mol. The number of hydrogen-bond acceptors (Lipinski definition) is 6. The van der Waals surface area contributed by atoms with Gasteiger partial charge in [0.15, 0.2) is 0 Å². The van der Waals surface area contributed by atoms with E-state index >= 15 is 0 Å². The van der Waals surface area contributed by atoms with Crippen molar-refractivity contribution in [3.8, 4) is 0 Å². The van der Waals surface area contributed by atoms with E-state index in [1.807, 2.05) is 0 Å². The zero-order valence-electron chi connectivity index (χ0n) is 15.3. The maximum atomic E-state index is 13.1. The summed E-state index contributed by atoms with van der Waals surface area (Å²) in [6.07, 6.45) is -0.730. The quantitative estimate of drug-likeness (QED) is 0.721. The van der Waals surface area contributed by atoms with Crippen LogP contribution in [0.1, 0.15) is 28.8 Å². The first-order chi connectivity index (χ1) is 13.8. The number of carboxylic acid groups (broad SMARTS) is 1. The van der Waals surface area contributed by atoms with E-state index in [0.717, 1.165) is 0 Å². The SMILES string of the molecule is COC(=O)c1ccccc1NC(=O)C[C@]1(C(=O)O)CC(c2ccc(F)cc2)=NO1. The third-order valence-electron chi connectivity index (χ3n) is 4.40. The van der Waals surface area contributed by atoms with Gasteiger partial charge in [0.25, 0.3) is 0 Å². The molecule has 1 amide bonds. The van der Waals surface area contributed by atoms with Crippen molar-refractivity contribution in [1.29, 1.82) is 0 Å². The number of amides is 1. The van der Waals surface area contributed by atoms with Crippen LogP contribution in [0.2, 0.25) is 0 Å². The largest absolute Gasteiger partial charge is 0.478 e. The van der Waals surface area contributed by atoms with Gasteiger partial charge in [-0.05, 0) is 29.8 Å². The lowest BCUT2D eigenvalue weighted by atomic mass is 9.90. The molecule has 2 aromatic rings. The lowest BCUT2D eigenvalue weighted by molar-refractivity contribution is -0.165. The van der Waals surface area contributed by atoms with Gasteiger partial charge in [0.05, 0.1) is 30.5 Å². The van der Waals surface area contributed by atoms with Gasteiger partial charge in [-0.25, -0.2) is 14.0 Å². The molecule has 8 nitrogen and oxygen atoms in total. The van der Waals surface area contributed by atoms with E-state index in [2.05, 4.69) is 15.2 Å². The van der Waals surface area contributed by atoms with Crippen LogP contribution in [-0.2, 0) is 19.2 Å². The molecule has 2 N–H and O–H groups in total. The molecule has 9 heteroatoms. The third kappa shape index (κ3) is 4.23. The summed E-state index contributed by atoms with van der Waals surface area (Å²) in [4.78, 5) is 41.3. The van der Waals surface area contributed by atoms with Crippen molar-refractivity contribution in [1.82, 2.24) is 0 Å². The summed E-state index contributed by atoms with van der Waals surface area (Å²) in [7, 11) is 1.21. The van der Waals surface area contributed by atoms with E-state index < -0.39 is 35.7 Å². The Balaban J connectivity index is 1.75. The van der Waals surface area contributed by atoms with Crippen LogP contribution in [-0.4, -0.2) is 41.4 Å². The van der Waals surface area contributed by atoms with E-state index in [0.29, 0.717) is 5.56 Å². The maximum absolute atomic E-state index is 13.1. The summed E-state index contributed by atoms with van der Waals surface area (Å²) >= 11 is 0. The average Bonchev–Trinajstić information content (AvgIpc) is 3.13. The lowest BCUT2D eigenvalue weighted by Gasteiger charge is -2.21. The first kappa shape index (κ1) is 20.0. The van der Waals surface area contributed by atoms with E-state index in [9.17, 15) is 23.9 Å². The molecule has 0 unspecified atom stereocenters.